The molecule has 2 aromatic rings. The molecule has 0 aliphatic rings. The van der Waals surface area contributed by atoms with E-state index in [1.54, 1.807) is 0 Å². The van der Waals surface area contributed by atoms with Crippen LogP contribution >= 0.6 is 0 Å². The molecule has 0 unspecified atom stereocenters. The van der Waals surface area contributed by atoms with Crippen LogP contribution in [-0.4, -0.2) is 14.8 Å². The third-order valence-electron chi connectivity index (χ3n) is 4.14. The Labute approximate surface area is 151 Å². The molecule has 0 amide bonds. The van der Waals surface area contributed by atoms with Crippen LogP contribution in [0.5, 0.6) is 11.5 Å². The minimum atomic E-state index is -1.84. The van der Waals surface area contributed by atoms with Crippen molar-refractivity contribution in [3.8, 4) is 11.5 Å². The van der Waals surface area contributed by atoms with E-state index in [0.717, 1.165) is 11.5 Å². The van der Waals surface area contributed by atoms with Gasteiger partial charge in [-0.15, -0.1) is 0 Å². The molecule has 0 bridgehead atoms. The molecular formula is C21H29AlO2. The van der Waals surface area contributed by atoms with Gasteiger partial charge in [-0.25, -0.2) is 0 Å². The first-order valence-electron chi connectivity index (χ1n) is 8.90. The Balaban J connectivity index is 2.06. The van der Waals surface area contributed by atoms with Crippen molar-refractivity contribution in [2.24, 2.45) is 0 Å². The van der Waals surface area contributed by atoms with Crippen LogP contribution in [0.2, 0.25) is 4.78 Å². The Morgan fingerprint density at radius 1 is 0.583 bits per heavy atom. The van der Waals surface area contributed by atoms with Gasteiger partial charge < -0.3 is 7.58 Å². The lowest BCUT2D eigenvalue weighted by Crippen LogP contribution is -2.33. The number of rotatable bonds is 7. The lowest BCUT2D eigenvalue weighted by atomic mass is 10.0. The minimum absolute atomic E-state index is 0.388. The van der Waals surface area contributed by atoms with E-state index in [9.17, 15) is 0 Å². The molecule has 128 valence electrons. The SMILES string of the molecule is CC(C)c1ccc([O][Al]([O]c2ccc(C(C)C)cc2)[CH](C)C)cc1. The zero-order valence-electron chi connectivity index (χ0n) is 15.7. The molecule has 0 saturated heterocycles. The van der Waals surface area contributed by atoms with Crippen molar-refractivity contribution in [1.29, 1.82) is 0 Å². The third kappa shape index (κ3) is 5.30. The molecule has 0 spiro atoms. The second-order valence-electron chi connectivity index (χ2n) is 7.30. The summed E-state index contributed by atoms with van der Waals surface area (Å²) >= 11 is -1.84. The molecule has 0 atom stereocenters. The molecule has 0 fully saturated rings. The summed E-state index contributed by atoms with van der Waals surface area (Å²) in [7, 11) is 0. The van der Waals surface area contributed by atoms with Crippen molar-refractivity contribution >= 4 is 14.8 Å². The average molecular weight is 340 g/mol. The quantitative estimate of drug-likeness (QED) is 0.551. The second-order valence-corrected chi connectivity index (χ2v) is 9.84. The fourth-order valence-corrected chi connectivity index (χ4v) is 3.87. The molecule has 0 aliphatic heterocycles. The van der Waals surface area contributed by atoms with Crippen LogP contribution in [0.15, 0.2) is 48.5 Å². The summed E-state index contributed by atoms with van der Waals surface area (Å²) in [5.41, 5.74) is 2.66. The molecule has 0 N–H and O–H groups in total. The van der Waals surface area contributed by atoms with Crippen LogP contribution in [0.25, 0.3) is 0 Å². The molecular weight excluding hydrogens is 311 g/mol. The smallest absolute Gasteiger partial charge is 0.612 e. The van der Waals surface area contributed by atoms with Crippen LogP contribution in [0.4, 0.5) is 0 Å². The van der Waals surface area contributed by atoms with Crippen LogP contribution < -0.4 is 7.58 Å². The maximum Gasteiger partial charge on any atom is 0.859 e. The molecule has 0 aromatic heterocycles. The van der Waals surface area contributed by atoms with Gasteiger partial charge in [0.1, 0.15) is 0 Å². The summed E-state index contributed by atoms with van der Waals surface area (Å²) in [5.74, 6) is 2.88. The fourth-order valence-electron chi connectivity index (χ4n) is 2.43. The first-order chi connectivity index (χ1) is 11.4. The van der Waals surface area contributed by atoms with Crippen LogP contribution in [-0.2, 0) is 0 Å². The summed E-state index contributed by atoms with van der Waals surface area (Å²) in [4.78, 5) is 0. The maximum absolute atomic E-state index is 6.21. The lowest BCUT2D eigenvalue weighted by Gasteiger charge is -2.19. The van der Waals surface area contributed by atoms with Gasteiger partial charge in [0.05, 0.1) is 11.5 Å². The molecule has 0 aliphatic carbocycles. The maximum atomic E-state index is 6.21. The standard InChI is InChI=1S/2C9H12O.C3H7.Al/c2*1-7(2)8-3-5-9(10)6-4-8;1-3-2;/h2*3-7,10H,1-2H3;3H,1-2H3;/q;;;+2/p-2. The largest absolute Gasteiger partial charge is 0.859 e. The van der Waals surface area contributed by atoms with Crippen LogP contribution in [0.3, 0.4) is 0 Å². The highest BCUT2D eigenvalue weighted by Crippen LogP contribution is 2.24. The van der Waals surface area contributed by atoms with Crippen molar-refractivity contribution in [2.75, 3.05) is 0 Å². The zero-order chi connectivity index (χ0) is 17.7. The Kier molecular flexibility index (Phi) is 6.78. The van der Waals surface area contributed by atoms with Crippen molar-refractivity contribution in [2.45, 2.75) is 58.2 Å². The number of hydrogen-bond donors (Lipinski definition) is 0. The average Bonchev–Trinajstić information content (AvgIpc) is 2.55. The first-order valence-corrected chi connectivity index (χ1v) is 10.5. The summed E-state index contributed by atoms with van der Waals surface area (Å²) in [6.45, 7) is 13.1. The summed E-state index contributed by atoms with van der Waals surface area (Å²) < 4.78 is 12.8. The number of hydrogen-bond acceptors (Lipinski definition) is 2. The van der Waals surface area contributed by atoms with Gasteiger partial charge in [-0.05, 0) is 52.0 Å². The minimum Gasteiger partial charge on any atom is -0.612 e. The predicted molar refractivity (Wildman–Crippen MR) is 103 cm³/mol. The van der Waals surface area contributed by atoms with E-state index >= 15 is 0 Å². The lowest BCUT2D eigenvalue weighted by molar-refractivity contribution is 0.408. The Morgan fingerprint density at radius 3 is 1.17 bits per heavy atom. The van der Waals surface area contributed by atoms with Crippen LogP contribution in [0.1, 0.15) is 64.5 Å². The Morgan fingerprint density at radius 2 is 0.917 bits per heavy atom. The van der Waals surface area contributed by atoms with Crippen molar-refractivity contribution in [3.05, 3.63) is 59.7 Å². The fraction of sp³-hybridized carbons (Fsp3) is 0.429. The predicted octanol–water partition coefficient (Wildman–Crippen LogP) is 6.29. The van der Waals surface area contributed by atoms with Gasteiger partial charge in [0.15, 0.2) is 0 Å². The third-order valence-corrected chi connectivity index (χ3v) is 6.24. The monoisotopic (exact) mass is 340 g/mol. The van der Waals surface area contributed by atoms with Gasteiger partial charge in [0, 0.05) is 0 Å². The van der Waals surface area contributed by atoms with Crippen LogP contribution in [0, 0.1) is 0 Å². The van der Waals surface area contributed by atoms with Gasteiger partial charge in [0.2, 0.25) is 0 Å². The van der Waals surface area contributed by atoms with E-state index in [1.807, 2.05) is 0 Å². The van der Waals surface area contributed by atoms with E-state index < -0.39 is 14.8 Å². The van der Waals surface area contributed by atoms with Gasteiger partial charge >= 0.3 is 14.8 Å². The molecule has 3 heteroatoms. The van der Waals surface area contributed by atoms with E-state index in [-0.39, 0.29) is 0 Å². The molecule has 24 heavy (non-hydrogen) atoms. The van der Waals surface area contributed by atoms with E-state index in [1.165, 1.54) is 11.1 Å². The summed E-state index contributed by atoms with van der Waals surface area (Å²) in [6.07, 6.45) is 0. The zero-order valence-corrected chi connectivity index (χ0v) is 16.9. The van der Waals surface area contributed by atoms with Gasteiger partial charge in [-0.3, -0.25) is 0 Å². The molecule has 0 heterocycles. The highest BCUT2D eigenvalue weighted by molar-refractivity contribution is 6.48. The van der Waals surface area contributed by atoms with Gasteiger partial charge in [-0.1, -0.05) is 65.8 Å². The first kappa shape index (κ1) is 18.9. The molecule has 2 nitrogen and oxygen atoms in total. The van der Waals surface area contributed by atoms with Gasteiger partial charge in [-0.2, -0.15) is 0 Å². The van der Waals surface area contributed by atoms with E-state index in [0.29, 0.717) is 16.6 Å². The molecule has 0 saturated carbocycles. The van der Waals surface area contributed by atoms with E-state index in [2.05, 4.69) is 90.1 Å². The van der Waals surface area contributed by atoms with Crippen molar-refractivity contribution < 1.29 is 7.58 Å². The molecule has 0 radical (unpaired) electrons. The molecule has 2 aromatic carbocycles. The normalized spacial score (nSPS) is 11.2. The number of benzene rings is 2. The summed E-state index contributed by atoms with van der Waals surface area (Å²) in [6, 6.07) is 16.8. The highest BCUT2D eigenvalue weighted by atomic mass is 27.2. The van der Waals surface area contributed by atoms with Crippen molar-refractivity contribution in [3.63, 3.8) is 0 Å². The highest BCUT2D eigenvalue weighted by Gasteiger charge is 2.37. The molecule has 2 rings (SSSR count). The Hall–Kier alpha value is -1.43. The Bertz CT molecular complexity index is 562. The second kappa shape index (κ2) is 8.61. The van der Waals surface area contributed by atoms with E-state index in [4.69, 9.17) is 7.58 Å². The van der Waals surface area contributed by atoms with Crippen molar-refractivity contribution in [1.82, 2.24) is 0 Å². The van der Waals surface area contributed by atoms with Gasteiger partial charge in [0.25, 0.3) is 0 Å². The summed E-state index contributed by atoms with van der Waals surface area (Å²) in [5, 5.41) is 0. The topological polar surface area (TPSA) is 18.5 Å².